The van der Waals surface area contributed by atoms with Crippen molar-refractivity contribution in [2.75, 3.05) is 19.0 Å². The molecule has 0 aliphatic rings. The molecule has 3 aromatic heterocycles. The van der Waals surface area contributed by atoms with E-state index in [4.69, 9.17) is 11.6 Å². The highest BCUT2D eigenvalue weighted by Gasteiger charge is 2.16. The first-order valence-electron chi connectivity index (χ1n) is 7.29. The van der Waals surface area contributed by atoms with E-state index in [0.29, 0.717) is 5.02 Å². The van der Waals surface area contributed by atoms with E-state index in [1.807, 2.05) is 32.0 Å². The Balaban J connectivity index is 1.93. The van der Waals surface area contributed by atoms with Crippen molar-refractivity contribution in [2.24, 2.45) is 0 Å². The van der Waals surface area contributed by atoms with Crippen LogP contribution in [0, 0.1) is 0 Å². The van der Waals surface area contributed by atoms with Crippen molar-refractivity contribution in [2.45, 2.75) is 13.0 Å². The Labute approximate surface area is 148 Å². The standard InChI is InChI=1S/C16H16ClN5OS/c1-10(22-5-4-12(17)7-14(22)23)15-19-20-16(24-15)11-6-13(21(2)3)9-18-8-11/h4-10H,1-3H3. The molecular weight excluding hydrogens is 346 g/mol. The van der Waals surface area contributed by atoms with Gasteiger partial charge in [0.15, 0.2) is 0 Å². The second kappa shape index (κ2) is 6.70. The second-order valence-corrected chi connectivity index (χ2v) is 6.98. The lowest BCUT2D eigenvalue weighted by Gasteiger charge is -2.12. The first-order valence-corrected chi connectivity index (χ1v) is 8.49. The molecule has 3 rings (SSSR count). The highest BCUT2D eigenvalue weighted by Crippen LogP contribution is 2.29. The minimum atomic E-state index is -0.217. The minimum Gasteiger partial charge on any atom is -0.376 e. The van der Waals surface area contributed by atoms with Gasteiger partial charge in [-0.3, -0.25) is 9.78 Å². The quantitative estimate of drug-likeness (QED) is 0.714. The molecule has 0 spiro atoms. The van der Waals surface area contributed by atoms with Crippen LogP contribution >= 0.6 is 22.9 Å². The molecule has 0 radical (unpaired) electrons. The molecule has 3 aromatic rings. The third-order valence-corrected chi connectivity index (χ3v) is 4.99. The first kappa shape index (κ1) is 16.6. The zero-order chi connectivity index (χ0) is 17.3. The molecule has 0 aromatic carbocycles. The maximum atomic E-state index is 12.1. The van der Waals surface area contributed by atoms with E-state index < -0.39 is 0 Å². The molecule has 0 saturated carbocycles. The van der Waals surface area contributed by atoms with E-state index >= 15 is 0 Å². The summed E-state index contributed by atoms with van der Waals surface area (Å²) in [5, 5.41) is 10.4. The molecule has 1 unspecified atom stereocenters. The highest BCUT2D eigenvalue weighted by molar-refractivity contribution is 7.14. The Hall–Kier alpha value is -2.25. The molecule has 0 fully saturated rings. The van der Waals surface area contributed by atoms with Crippen LogP contribution in [0.5, 0.6) is 0 Å². The summed E-state index contributed by atoms with van der Waals surface area (Å²) in [4.78, 5) is 18.3. The van der Waals surface area contributed by atoms with Crippen molar-refractivity contribution in [3.8, 4) is 10.6 Å². The molecule has 0 aliphatic heterocycles. The van der Waals surface area contributed by atoms with E-state index in [2.05, 4.69) is 15.2 Å². The summed E-state index contributed by atoms with van der Waals surface area (Å²) in [6.45, 7) is 1.91. The fraction of sp³-hybridized carbons (Fsp3) is 0.250. The van der Waals surface area contributed by atoms with Crippen molar-refractivity contribution in [3.63, 3.8) is 0 Å². The van der Waals surface area contributed by atoms with E-state index in [-0.39, 0.29) is 11.6 Å². The molecule has 6 nitrogen and oxygen atoms in total. The smallest absolute Gasteiger partial charge is 0.252 e. The van der Waals surface area contributed by atoms with Gasteiger partial charge in [0.25, 0.3) is 5.56 Å². The Morgan fingerprint density at radius 3 is 2.75 bits per heavy atom. The van der Waals surface area contributed by atoms with Crippen LogP contribution in [0.25, 0.3) is 10.6 Å². The monoisotopic (exact) mass is 361 g/mol. The van der Waals surface area contributed by atoms with Crippen LogP contribution in [0.4, 0.5) is 5.69 Å². The summed E-state index contributed by atoms with van der Waals surface area (Å²) < 4.78 is 1.59. The predicted molar refractivity (Wildman–Crippen MR) is 97.0 cm³/mol. The van der Waals surface area contributed by atoms with E-state index in [1.165, 1.54) is 17.4 Å². The average molecular weight is 362 g/mol. The Bertz CT molecular complexity index is 921. The molecule has 124 valence electrons. The van der Waals surface area contributed by atoms with Gasteiger partial charge in [-0.25, -0.2) is 0 Å². The highest BCUT2D eigenvalue weighted by atomic mass is 35.5. The predicted octanol–water partition coefficient (Wildman–Crippen LogP) is 3.09. The van der Waals surface area contributed by atoms with E-state index in [9.17, 15) is 4.79 Å². The summed E-state index contributed by atoms with van der Waals surface area (Å²) in [5.74, 6) is 0. The van der Waals surface area contributed by atoms with Crippen LogP contribution in [0.1, 0.15) is 18.0 Å². The molecule has 24 heavy (non-hydrogen) atoms. The number of nitrogens with zero attached hydrogens (tertiary/aromatic N) is 5. The van der Waals surface area contributed by atoms with Crippen LogP contribution in [0.3, 0.4) is 0 Å². The second-order valence-electron chi connectivity index (χ2n) is 5.54. The largest absolute Gasteiger partial charge is 0.376 e. The van der Waals surface area contributed by atoms with Gasteiger partial charge in [-0.15, -0.1) is 10.2 Å². The lowest BCUT2D eigenvalue weighted by atomic mass is 10.2. The lowest BCUT2D eigenvalue weighted by Crippen LogP contribution is -2.22. The van der Waals surface area contributed by atoms with Crippen LogP contribution < -0.4 is 10.5 Å². The van der Waals surface area contributed by atoms with Gasteiger partial charge in [-0.2, -0.15) is 0 Å². The van der Waals surface area contributed by atoms with Gasteiger partial charge in [0, 0.05) is 43.1 Å². The van der Waals surface area contributed by atoms with Crippen molar-refractivity contribution in [1.29, 1.82) is 0 Å². The zero-order valence-electron chi connectivity index (χ0n) is 13.5. The van der Waals surface area contributed by atoms with Crippen LogP contribution in [0.15, 0.2) is 41.6 Å². The number of rotatable bonds is 4. The maximum absolute atomic E-state index is 12.1. The molecule has 0 bridgehead atoms. The summed E-state index contributed by atoms with van der Waals surface area (Å²) in [5.41, 5.74) is 1.73. The summed E-state index contributed by atoms with van der Waals surface area (Å²) >= 11 is 7.29. The van der Waals surface area contributed by atoms with Gasteiger partial charge in [0.05, 0.1) is 17.9 Å². The summed E-state index contributed by atoms with van der Waals surface area (Å²) in [7, 11) is 3.92. The molecule has 3 heterocycles. The molecule has 0 amide bonds. The van der Waals surface area contributed by atoms with Gasteiger partial charge in [0.2, 0.25) is 0 Å². The maximum Gasteiger partial charge on any atom is 0.252 e. The van der Waals surface area contributed by atoms with E-state index in [0.717, 1.165) is 21.3 Å². The van der Waals surface area contributed by atoms with Crippen LogP contribution in [-0.2, 0) is 0 Å². The SMILES string of the molecule is CC(c1nnc(-c2cncc(N(C)C)c2)s1)n1ccc(Cl)cc1=O. The van der Waals surface area contributed by atoms with Crippen LogP contribution in [0.2, 0.25) is 5.02 Å². The molecule has 0 saturated heterocycles. The average Bonchev–Trinajstić information content (AvgIpc) is 3.04. The Kier molecular flexibility index (Phi) is 4.64. The topological polar surface area (TPSA) is 63.9 Å². The van der Waals surface area contributed by atoms with Crippen molar-refractivity contribution in [3.05, 3.63) is 57.2 Å². The Morgan fingerprint density at radius 2 is 2.04 bits per heavy atom. The van der Waals surface area contributed by atoms with Crippen molar-refractivity contribution >= 4 is 28.6 Å². The van der Waals surface area contributed by atoms with Gasteiger partial charge >= 0.3 is 0 Å². The molecular formula is C16H16ClN5OS. The molecule has 0 N–H and O–H groups in total. The normalized spacial score (nSPS) is 12.2. The number of anilines is 1. The third-order valence-electron chi connectivity index (χ3n) is 3.61. The zero-order valence-corrected chi connectivity index (χ0v) is 15.0. The van der Waals surface area contributed by atoms with Gasteiger partial charge in [-0.05, 0) is 19.1 Å². The van der Waals surface area contributed by atoms with Crippen molar-refractivity contribution in [1.82, 2.24) is 19.7 Å². The summed E-state index contributed by atoms with van der Waals surface area (Å²) in [6, 6.07) is 4.87. The molecule has 1 atom stereocenters. The first-order chi connectivity index (χ1) is 11.5. The van der Waals surface area contributed by atoms with Gasteiger partial charge < -0.3 is 9.47 Å². The molecule has 8 heteroatoms. The lowest BCUT2D eigenvalue weighted by molar-refractivity contribution is 0.605. The summed E-state index contributed by atoms with van der Waals surface area (Å²) in [6.07, 6.45) is 5.22. The number of aromatic nitrogens is 4. The third kappa shape index (κ3) is 3.32. The van der Waals surface area contributed by atoms with Crippen molar-refractivity contribution < 1.29 is 0 Å². The fourth-order valence-electron chi connectivity index (χ4n) is 2.21. The number of halogens is 1. The number of pyridine rings is 2. The number of hydrogen-bond acceptors (Lipinski definition) is 6. The van der Waals surface area contributed by atoms with E-state index in [1.54, 1.807) is 29.2 Å². The number of hydrogen-bond donors (Lipinski definition) is 0. The fourth-order valence-corrected chi connectivity index (χ4v) is 3.24. The van der Waals surface area contributed by atoms with Gasteiger partial charge in [0.1, 0.15) is 10.0 Å². The minimum absolute atomic E-state index is 0.164. The van der Waals surface area contributed by atoms with Gasteiger partial charge in [-0.1, -0.05) is 22.9 Å². The van der Waals surface area contributed by atoms with Crippen LogP contribution in [-0.4, -0.2) is 33.8 Å². The Morgan fingerprint density at radius 1 is 1.25 bits per heavy atom. The molecule has 0 aliphatic carbocycles.